The number of aryl methyl sites for hydroxylation is 1. The van der Waals surface area contributed by atoms with Crippen LogP contribution in [0.3, 0.4) is 0 Å². The molecule has 3 aromatic rings. The Morgan fingerprint density at radius 1 is 1.31 bits per heavy atom. The van der Waals surface area contributed by atoms with Crippen LogP contribution >= 0.6 is 0 Å². The number of likely N-dealkylation sites (N-methyl/N-ethyl adjacent to an activating group) is 1. The molecule has 0 aromatic carbocycles. The molecule has 7 nitrogen and oxygen atoms in total. The van der Waals surface area contributed by atoms with E-state index in [1.54, 1.807) is 30.5 Å². The fraction of sp³-hybridized carbons (Fsp3) is 0.364. The number of hydrogen-bond donors (Lipinski definition) is 1. The third-order valence-electron chi connectivity index (χ3n) is 5.60. The monoisotopic (exact) mass is 391 g/mol. The average Bonchev–Trinajstić information content (AvgIpc) is 3.41. The van der Waals surface area contributed by atoms with E-state index in [1.165, 1.54) is 0 Å². The average molecular weight is 391 g/mol. The van der Waals surface area contributed by atoms with Crippen molar-refractivity contribution in [3.8, 4) is 0 Å². The van der Waals surface area contributed by atoms with Gasteiger partial charge in [0.05, 0.1) is 5.56 Å². The molecule has 0 spiro atoms. The highest BCUT2D eigenvalue weighted by molar-refractivity contribution is 6.04. The van der Waals surface area contributed by atoms with Crippen molar-refractivity contribution in [2.45, 2.75) is 32.2 Å². The molecule has 0 bridgehead atoms. The van der Waals surface area contributed by atoms with E-state index in [0.717, 1.165) is 35.7 Å². The maximum Gasteiger partial charge on any atom is 0.273 e. The number of amides is 2. The molecule has 0 saturated carbocycles. The second-order valence-electron chi connectivity index (χ2n) is 7.51. The highest BCUT2D eigenvalue weighted by Crippen LogP contribution is 2.24. The molecule has 150 valence electrons. The molecule has 3 aromatic heterocycles. The predicted octanol–water partition coefficient (Wildman–Crippen LogP) is 2.90. The SMILES string of the molecule is CCc1cncc(C(=O)N(C)CC2CCCN2C(=O)c2nccc3[nH]ccc23)c1. The van der Waals surface area contributed by atoms with Gasteiger partial charge in [0.25, 0.3) is 11.8 Å². The fourth-order valence-corrected chi connectivity index (χ4v) is 4.00. The van der Waals surface area contributed by atoms with Crippen molar-refractivity contribution >= 4 is 22.7 Å². The number of hydrogen-bond acceptors (Lipinski definition) is 4. The van der Waals surface area contributed by atoms with Crippen molar-refractivity contribution in [1.29, 1.82) is 0 Å². The van der Waals surface area contributed by atoms with Gasteiger partial charge in [-0.05, 0) is 43.0 Å². The molecule has 1 saturated heterocycles. The molecule has 0 aliphatic carbocycles. The van der Waals surface area contributed by atoms with Crippen LogP contribution in [0.15, 0.2) is 43.0 Å². The fourth-order valence-electron chi connectivity index (χ4n) is 4.00. The summed E-state index contributed by atoms with van der Waals surface area (Å²) in [5.41, 5.74) is 2.98. The number of H-pyrrole nitrogens is 1. The molecule has 1 aliphatic rings. The number of aromatic nitrogens is 3. The maximum absolute atomic E-state index is 13.2. The third kappa shape index (κ3) is 3.72. The van der Waals surface area contributed by atoms with Gasteiger partial charge in [-0.1, -0.05) is 6.92 Å². The van der Waals surface area contributed by atoms with Crippen molar-refractivity contribution in [2.75, 3.05) is 20.1 Å². The molecule has 1 atom stereocenters. The van der Waals surface area contributed by atoms with Crippen LogP contribution in [0.4, 0.5) is 0 Å². The number of rotatable bonds is 5. The van der Waals surface area contributed by atoms with Gasteiger partial charge >= 0.3 is 0 Å². The number of carbonyl (C=O) groups excluding carboxylic acids is 2. The second-order valence-corrected chi connectivity index (χ2v) is 7.51. The van der Waals surface area contributed by atoms with Crippen molar-refractivity contribution in [3.05, 3.63) is 59.8 Å². The molecule has 1 aliphatic heterocycles. The zero-order chi connectivity index (χ0) is 20.4. The van der Waals surface area contributed by atoms with Crippen LogP contribution in [-0.4, -0.2) is 62.7 Å². The molecule has 7 heteroatoms. The summed E-state index contributed by atoms with van der Waals surface area (Å²) in [5.74, 6) is -0.147. The lowest BCUT2D eigenvalue weighted by molar-refractivity contribution is 0.0646. The summed E-state index contributed by atoms with van der Waals surface area (Å²) in [6.45, 7) is 3.21. The summed E-state index contributed by atoms with van der Waals surface area (Å²) in [5, 5.41) is 0.829. The Kier molecular flexibility index (Phi) is 5.29. The van der Waals surface area contributed by atoms with Crippen LogP contribution in [0.5, 0.6) is 0 Å². The molecule has 1 unspecified atom stereocenters. The van der Waals surface area contributed by atoms with E-state index in [0.29, 0.717) is 24.3 Å². The van der Waals surface area contributed by atoms with E-state index in [9.17, 15) is 9.59 Å². The number of nitrogens with one attached hydrogen (secondary N) is 1. The molecule has 4 heterocycles. The Hall–Kier alpha value is -3.22. The van der Waals surface area contributed by atoms with Crippen LogP contribution in [0.25, 0.3) is 10.9 Å². The van der Waals surface area contributed by atoms with Crippen LogP contribution in [0.2, 0.25) is 0 Å². The lowest BCUT2D eigenvalue weighted by Crippen LogP contribution is -2.44. The van der Waals surface area contributed by atoms with Crippen LogP contribution in [0, 0.1) is 0 Å². The summed E-state index contributed by atoms with van der Waals surface area (Å²) in [4.78, 5) is 41.3. The molecule has 0 radical (unpaired) electrons. The van der Waals surface area contributed by atoms with E-state index in [-0.39, 0.29) is 17.9 Å². The topological polar surface area (TPSA) is 82.2 Å². The first kappa shape index (κ1) is 19.1. The minimum Gasteiger partial charge on any atom is -0.361 e. The molecule has 4 rings (SSSR count). The van der Waals surface area contributed by atoms with Crippen LogP contribution < -0.4 is 0 Å². The first-order chi connectivity index (χ1) is 14.1. The van der Waals surface area contributed by atoms with Crippen molar-refractivity contribution < 1.29 is 9.59 Å². The molecular weight excluding hydrogens is 366 g/mol. The lowest BCUT2D eigenvalue weighted by Gasteiger charge is -2.29. The minimum absolute atomic E-state index is 0.0187. The van der Waals surface area contributed by atoms with E-state index in [1.807, 2.05) is 36.2 Å². The Morgan fingerprint density at radius 3 is 3.00 bits per heavy atom. The minimum atomic E-state index is -0.0757. The third-order valence-corrected chi connectivity index (χ3v) is 5.60. The smallest absolute Gasteiger partial charge is 0.273 e. The molecule has 29 heavy (non-hydrogen) atoms. The molecule has 1 N–H and O–H groups in total. The standard InChI is InChI=1S/C22H25N5O2/c1-3-15-11-16(13-23-12-15)21(28)26(2)14-17-5-4-10-27(17)22(29)20-18-6-8-24-19(18)7-9-25-20/h6-9,11-13,17,24H,3-5,10,14H2,1-2H3. The highest BCUT2D eigenvalue weighted by atomic mass is 16.2. The maximum atomic E-state index is 13.2. The predicted molar refractivity (Wildman–Crippen MR) is 111 cm³/mol. The molecule has 2 amide bonds. The summed E-state index contributed by atoms with van der Waals surface area (Å²) in [7, 11) is 1.78. The van der Waals surface area contributed by atoms with Crippen molar-refractivity contribution in [1.82, 2.24) is 24.8 Å². The summed E-state index contributed by atoms with van der Waals surface area (Å²) < 4.78 is 0. The van der Waals surface area contributed by atoms with Crippen LogP contribution in [-0.2, 0) is 6.42 Å². The number of fused-ring (bicyclic) bond motifs is 1. The van der Waals surface area contributed by atoms with Gasteiger partial charge in [-0.2, -0.15) is 0 Å². The lowest BCUT2D eigenvalue weighted by atomic mass is 10.1. The first-order valence-corrected chi connectivity index (χ1v) is 10.0. The quantitative estimate of drug-likeness (QED) is 0.725. The van der Waals surface area contributed by atoms with E-state index in [4.69, 9.17) is 0 Å². The zero-order valence-corrected chi connectivity index (χ0v) is 16.8. The van der Waals surface area contributed by atoms with Gasteiger partial charge in [0.2, 0.25) is 0 Å². The van der Waals surface area contributed by atoms with Gasteiger partial charge in [-0.3, -0.25) is 19.6 Å². The number of nitrogens with zero attached hydrogens (tertiary/aromatic N) is 4. The molecule has 1 fully saturated rings. The Balaban J connectivity index is 1.50. The van der Waals surface area contributed by atoms with Gasteiger partial charge in [0.1, 0.15) is 5.69 Å². The Labute approximate surface area is 169 Å². The number of carbonyl (C=O) groups is 2. The van der Waals surface area contributed by atoms with Gasteiger partial charge < -0.3 is 14.8 Å². The number of likely N-dealkylation sites (tertiary alicyclic amines) is 1. The van der Waals surface area contributed by atoms with Crippen LogP contribution in [0.1, 0.15) is 46.2 Å². The van der Waals surface area contributed by atoms with Gasteiger partial charge in [0.15, 0.2) is 0 Å². The second kappa shape index (κ2) is 8.03. The summed E-state index contributed by atoms with van der Waals surface area (Å²) >= 11 is 0. The highest BCUT2D eigenvalue weighted by Gasteiger charge is 2.32. The van der Waals surface area contributed by atoms with Gasteiger partial charge in [-0.25, -0.2) is 0 Å². The Bertz CT molecular complexity index is 1040. The summed E-state index contributed by atoms with van der Waals surface area (Å²) in [6, 6.07) is 5.61. The normalized spacial score (nSPS) is 16.3. The van der Waals surface area contributed by atoms with Crippen molar-refractivity contribution in [2.24, 2.45) is 0 Å². The van der Waals surface area contributed by atoms with Gasteiger partial charge in [0, 0.05) is 61.9 Å². The zero-order valence-electron chi connectivity index (χ0n) is 16.8. The van der Waals surface area contributed by atoms with E-state index >= 15 is 0 Å². The van der Waals surface area contributed by atoms with E-state index < -0.39 is 0 Å². The first-order valence-electron chi connectivity index (χ1n) is 10.0. The van der Waals surface area contributed by atoms with E-state index in [2.05, 4.69) is 15.0 Å². The largest absolute Gasteiger partial charge is 0.361 e. The number of pyridine rings is 2. The summed E-state index contributed by atoms with van der Waals surface area (Å²) in [6.07, 6.45) is 9.49. The van der Waals surface area contributed by atoms with Gasteiger partial charge in [-0.15, -0.1) is 0 Å². The molecular formula is C22H25N5O2. The Morgan fingerprint density at radius 2 is 2.17 bits per heavy atom. The van der Waals surface area contributed by atoms with Crippen molar-refractivity contribution in [3.63, 3.8) is 0 Å². The number of aromatic amines is 1.